The van der Waals surface area contributed by atoms with E-state index in [9.17, 15) is 18.0 Å². The van der Waals surface area contributed by atoms with Gasteiger partial charge in [-0.05, 0) is 0 Å². The first-order valence-corrected chi connectivity index (χ1v) is 3.03. The first-order chi connectivity index (χ1) is 5.00. The predicted molar refractivity (Wildman–Crippen MR) is 29.3 cm³/mol. The fourth-order valence-electron chi connectivity index (χ4n) is 0.804. The normalized spacial score (nSPS) is 26.5. The number of hydrogen-bond donors (Lipinski definition) is 1. The number of carbonyl (C=O) groups is 1. The Labute approximate surface area is 60.9 Å². The van der Waals surface area contributed by atoms with Crippen molar-refractivity contribution in [3.63, 3.8) is 0 Å². The van der Waals surface area contributed by atoms with Crippen LogP contribution in [0.15, 0.2) is 0 Å². The van der Waals surface area contributed by atoms with Crippen molar-refractivity contribution in [3.8, 4) is 0 Å². The van der Waals surface area contributed by atoms with E-state index in [1.807, 2.05) is 5.43 Å². The first-order valence-electron chi connectivity index (χ1n) is 3.03. The highest BCUT2D eigenvalue weighted by atomic mass is 19.4. The molecular formula is C5H6F3N2O. The molecule has 11 heavy (non-hydrogen) atoms. The minimum absolute atomic E-state index is 0.296. The number of nitrogens with one attached hydrogen (secondary N) is 1. The summed E-state index contributed by atoms with van der Waals surface area (Å²) in [5.41, 5.74) is 5.15. The summed E-state index contributed by atoms with van der Waals surface area (Å²) < 4.78 is 35.6. The molecule has 3 nitrogen and oxygen atoms in total. The molecule has 1 N–H and O–H groups in total. The Kier molecular flexibility index (Phi) is 2.03. The Hall–Kier alpha value is -0.780. The summed E-state index contributed by atoms with van der Waals surface area (Å²) in [4.78, 5) is 10.4. The molecule has 6 heteroatoms. The molecule has 1 atom stereocenters. The molecule has 0 aromatic heterocycles. The Morgan fingerprint density at radius 1 is 1.55 bits per heavy atom. The Morgan fingerprint density at radius 3 is 2.55 bits per heavy atom. The highest BCUT2D eigenvalue weighted by molar-refractivity contribution is 5.76. The van der Waals surface area contributed by atoms with E-state index in [0.717, 1.165) is 0 Å². The standard InChI is InChI=1S/C5H6F3N2O/c6-5(7,8)3-1-4(11)10-9-2-3/h3,9H,1-2H2. The summed E-state index contributed by atoms with van der Waals surface area (Å²) in [6.45, 7) is -0.296. The van der Waals surface area contributed by atoms with Crippen molar-refractivity contribution in [3.05, 3.63) is 0 Å². The van der Waals surface area contributed by atoms with Crippen LogP contribution in [0.5, 0.6) is 0 Å². The number of amides is 1. The van der Waals surface area contributed by atoms with E-state index in [0.29, 0.717) is 0 Å². The highest BCUT2D eigenvalue weighted by Gasteiger charge is 2.42. The van der Waals surface area contributed by atoms with Crippen molar-refractivity contribution in [2.24, 2.45) is 5.92 Å². The van der Waals surface area contributed by atoms with E-state index in [4.69, 9.17) is 0 Å². The minimum Gasteiger partial charge on any atom is -0.271 e. The van der Waals surface area contributed by atoms with Crippen LogP contribution in [0.1, 0.15) is 6.42 Å². The molecule has 1 radical (unpaired) electrons. The third kappa shape index (κ3) is 2.07. The first kappa shape index (κ1) is 8.32. The Bertz CT molecular complexity index is 168. The van der Waals surface area contributed by atoms with Crippen LogP contribution in [-0.4, -0.2) is 18.6 Å². The third-order valence-corrected chi connectivity index (χ3v) is 1.43. The summed E-state index contributed by atoms with van der Waals surface area (Å²) in [5.74, 6) is -2.31. The lowest BCUT2D eigenvalue weighted by Crippen LogP contribution is -2.46. The molecule has 1 aliphatic heterocycles. The molecule has 63 valence electrons. The van der Waals surface area contributed by atoms with Crippen molar-refractivity contribution >= 4 is 5.91 Å². The van der Waals surface area contributed by atoms with Gasteiger partial charge in [0.05, 0.1) is 5.92 Å². The quantitative estimate of drug-likeness (QED) is 0.560. The number of alkyl halides is 3. The fraction of sp³-hybridized carbons (Fsp3) is 0.800. The van der Waals surface area contributed by atoms with Gasteiger partial charge in [-0.2, -0.15) is 18.6 Å². The van der Waals surface area contributed by atoms with Gasteiger partial charge in [-0.3, -0.25) is 4.79 Å². The molecule has 1 aliphatic rings. The second-order valence-electron chi connectivity index (χ2n) is 2.31. The van der Waals surface area contributed by atoms with Gasteiger partial charge < -0.3 is 0 Å². The lowest BCUT2D eigenvalue weighted by molar-refractivity contribution is -0.182. The smallest absolute Gasteiger partial charge is 0.271 e. The molecule has 1 fully saturated rings. The van der Waals surface area contributed by atoms with E-state index in [-0.39, 0.29) is 6.54 Å². The second-order valence-corrected chi connectivity index (χ2v) is 2.31. The van der Waals surface area contributed by atoms with Gasteiger partial charge >= 0.3 is 6.18 Å². The maximum Gasteiger partial charge on any atom is 0.393 e. The zero-order valence-corrected chi connectivity index (χ0v) is 5.48. The van der Waals surface area contributed by atoms with Gasteiger partial charge in [0.1, 0.15) is 0 Å². The fourth-order valence-corrected chi connectivity index (χ4v) is 0.804. The van der Waals surface area contributed by atoms with E-state index < -0.39 is 24.4 Å². The molecule has 1 saturated heterocycles. The van der Waals surface area contributed by atoms with Gasteiger partial charge in [0, 0.05) is 13.0 Å². The lowest BCUT2D eigenvalue weighted by atomic mass is 10.0. The van der Waals surface area contributed by atoms with Crippen LogP contribution in [0.25, 0.3) is 0 Å². The largest absolute Gasteiger partial charge is 0.393 e. The molecule has 0 saturated carbocycles. The summed E-state index contributed by atoms with van der Waals surface area (Å²) in [6.07, 6.45) is -4.82. The number of nitrogens with zero attached hydrogens (tertiary/aromatic N) is 1. The van der Waals surface area contributed by atoms with E-state index >= 15 is 0 Å². The number of halogens is 3. The number of rotatable bonds is 0. The topological polar surface area (TPSA) is 43.2 Å². The summed E-state index contributed by atoms with van der Waals surface area (Å²) in [6, 6.07) is 0. The number of hydrogen-bond acceptors (Lipinski definition) is 2. The monoisotopic (exact) mass is 167 g/mol. The van der Waals surface area contributed by atoms with Crippen molar-refractivity contribution in [1.82, 2.24) is 10.9 Å². The van der Waals surface area contributed by atoms with Crippen molar-refractivity contribution in [2.45, 2.75) is 12.6 Å². The SMILES string of the molecule is O=C1CC(C(F)(F)F)CN[N]1. The van der Waals surface area contributed by atoms with Gasteiger partial charge in [-0.25, -0.2) is 5.43 Å². The summed E-state index contributed by atoms with van der Waals surface area (Å²) in [5, 5.41) is 0. The highest BCUT2D eigenvalue weighted by Crippen LogP contribution is 2.29. The van der Waals surface area contributed by atoms with Crippen LogP contribution in [0.4, 0.5) is 13.2 Å². The van der Waals surface area contributed by atoms with Gasteiger partial charge in [0.25, 0.3) is 5.91 Å². The molecule has 0 spiro atoms. The zero-order chi connectivity index (χ0) is 8.48. The van der Waals surface area contributed by atoms with Gasteiger partial charge in [0.2, 0.25) is 0 Å². The van der Waals surface area contributed by atoms with Crippen molar-refractivity contribution in [1.29, 1.82) is 0 Å². The average molecular weight is 167 g/mol. The molecule has 0 aromatic carbocycles. The molecule has 1 heterocycles. The van der Waals surface area contributed by atoms with E-state index in [1.54, 1.807) is 0 Å². The maximum absolute atomic E-state index is 11.9. The molecule has 0 aromatic rings. The number of carbonyl (C=O) groups excluding carboxylic acids is 1. The summed E-state index contributed by atoms with van der Waals surface area (Å²) >= 11 is 0. The van der Waals surface area contributed by atoms with Crippen LogP contribution in [-0.2, 0) is 4.79 Å². The third-order valence-electron chi connectivity index (χ3n) is 1.43. The molecule has 1 rings (SSSR count). The zero-order valence-electron chi connectivity index (χ0n) is 5.48. The van der Waals surface area contributed by atoms with E-state index in [1.165, 1.54) is 0 Å². The summed E-state index contributed by atoms with van der Waals surface area (Å²) in [7, 11) is 0. The predicted octanol–water partition coefficient (Wildman–Crippen LogP) is 0.204. The molecule has 1 unspecified atom stereocenters. The molecule has 1 amide bonds. The molecule has 0 bridgehead atoms. The minimum atomic E-state index is -4.29. The van der Waals surface area contributed by atoms with Crippen LogP contribution < -0.4 is 10.9 Å². The molecule has 0 aliphatic carbocycles. The van der Waals surface area contributed by atoms with Gasteiger partial charge in [-0.1, -0.05) is 0 Å². The van der Waals surface area contributed by atoms with Crippen molar-refractivity contribution < 1.29 is 18.0 Å². The molecular weight excluding hydrogens is 161 g/mol. The van der Waals surface area contributed by atoms with Crippen molar-refractivity contribution in [2.75, 3.05) is 6.54 Å². The van der Waals surface area contributed by atoms with Crippen LogP contribution >= 0.6 is 0 Å². The lowest BCUT2D eigenvalue weighted by Gasteiger charge is -2.22. The van der Waals surface area contributed by atoms with Crippen LogP contribution in [0.2, 0.25) is 0 Å². The van der Waals surface area contributed by atoms with E-state index in [2.05, 4.69) is 5.43 Å². The maximum atomic E-state index is 11.9. The van der Waals surface area contributed by atoms with Gasteiger partial charge in [-0.15, -0.1) is 0 Å². The van der Waals surface area contributed by atoms with Crippen LogP contribution in [0.3, 0.4) is 0 Å². The second kappa shape index (κ2) is 2.69. The Morgan fingerprint density at radius 2 is 2.18 bits per heavy atom. The van der Waals surface area contributed by atoms with Crippen LogP contribution in [0, 0.1) is 5.92 Å². The average Bonchev–Trinajstić information content (AvgIpc) is 1.86. The van der Waals surface area contributed by atoms with Gasteiger partial charge in [0.15, 0.2) is 0 Å². The Balaban J connectivity index is 2.53.